The van der Waals surface area contributed by atoms with Gasteiger partial charge in [0.2, 0.25) is 11.8 Å². The molecular formula is C23H16N2O5S. The first-order chi connectivity index (χ1) is 15.0. The van der Waals surface area contributed by atoms with Crippen LogP contribution in [0.5, 0.6) is 5.75 Å². The molecule has 3 aromatic rings. The summed E-state index contributed by atoms with van der Waals surface area (Å²) in [4.78, 5) is 40.3. The standard InChI is InChI=1S/C23H16N2O5S/c1-14(26)24-17-9-7-16(8-10-17)21-25-19(22(27)30-21)13-15-4-2-5-18(12-15)29-23(28)20-6-3-11-31-20/h2-13H,1H3,(H,24,26)/b19-13-. The van der Waals surface area contributed by atoms with E-state index in [0.29, 0.717) is 27.4 Å². The van der Waals surface area contributed by atoms with Gasteiger partial charge in [0.15, 0.2) is 5.70 Å². The molecule has 0 saturated carbocycles. The average Bonchev–Trinajstić information content (AvgIpc) is 3.39. The third-order valence-corrected chi connectivity index (χ3v) is 5.02. The highest BCUT2D eigenvalue weighted by molar-refractivity contribution is 7.12. The number of hydrogen-bond acceptors (Lipinski definition) is 7. The van der Waals surface area contributed by atoms with E-state index in [1.807, 2.05) is 0 Å². The van der Waals surface area contributed by atoms with Gasteiger partial charge in [0.05, 0.1) is 0 Å². The van der Waals surface area contributed by atoms with E-state index in [1.54, 1.807) is 72.1 Å². The molecule has 0 spiro atoms. The van der Waals surface area contributed by atoms with Gasteiger partial charge in [-0.15, -0.1) is 11.3 Å². The van der Waals surface area contributed by atoms with Crippen molar-refractivity contribution in [2.45, 2.75) is 6.92 Å². The number of benzene rings is 2. The zero-order valence-electron chi connectivity index (χ0n) is 16.3. The Morgan fingerprint density at radius 2 is 1.90 bits per heavy atom. The van der Waals surface area contributed by atoms with Gasteiger partial charge < -0.3 is 14.8 Å². The van der Waals surface area contributed by atoms with E-state index >= 15 is 0 Å². The molecule has 1 aliphatic heterocycles. The van der Waals surface area contributed by atoms with Crippen molar-refractivity contribution < 1.29 is 23.9 Å². The van der Waals surface area contributed by atoms with Crippen LogP contribution in [0.3, 0.4) is 0 Å². The largest absolute Gasteiger partial charge is 0.422 e. The van der Waals surface area contributed by atoms with Gasteiger partial charge in [0.25, 0.3) is 0 Å². The molecule has 1 N–H and O–H groups in total. The van der Waals surface area contributed by atoms with Gasteiger partial charge in [0.1, 0.15) is 10.6 Å². The van der Waals surface area contributed by atoms with Crippen molar-refractivity contribution in [3.05, 3.63) is 87.7 Å². The Morgan fingerprint density at radius 1 is 1.10 bits per heavy atom. The van der Waals surface area contributed by atoms with Crippen molar-refractivity contribution in [1.82, 2.24) is 0 Å². The number of rotatable bonds is 5. The third-order valence-electron chi connectivity index (χ3n) is 4.17. The number of carbonyl (C=O) groups excluding carboxylic acids is 3. The number of nitrogens with one attached hydrogen (secondary N) is 1. The van der Waals surface area contributed by atoms with E-state index in [4.69, 9.17) is 9.47 Å². The van der Waals surface area contributed by atoms with Gasteiger partial charge in [-0.25, -0.2) is 14.6 Å². The number of hydrogen-bond donors (Lipinski definition) is 1. The molecule has 2 aromatic carbocycles. The van der Waals surface area contributed by atoms with Crippen LogP contribution in [0.15, 0.2) is 76.7 Å². The number of thiophene rings is 1. The van der Waals surface area contributed by atoms with Crippen LogP contribution >= 0.6 is 11.3 Å². The highest BCUT2D eigenvalue weighted by atomic mass is 32.1. The lowest BCUT2D eigenvalue weighted by atomic mass is 10.2. The minimum Gasteiger partial charge on any atom is -0.422 e. The molecule has 2 heterocycles. The molecule has 0 aliphatic carbocycles. The summed E-state index contributed by atoms with van der Waals surface area (Å²) in [7, 11) is 0. The molecule has 1 aliphatic rings. The number of cyclic esters (lactones) is 1. The quantitative estimate of drug-likeness (QED) is 0.369. The van der Waals surface area contributed by atoms with Crippen LogP contribution in [0.25, 0.3) is 6.08 Å². The topological polar surface area (TPSA) is 94.1 Å². The predicted molar refractivity (Wildman–Crippen MR) is 117 cm³/mol. The molecule has 1 aromatic heterocycles. The molecule has 154 valence electrons. The lowest BCUT2D eigenvalue weighted by Gasteiger charge is -2.03. The maximum Gasteiger partial charge on any atom is 0.363 e. The Morgan fingerprint density at radius 3 is 2.61 bits per heavy atom. The fourth-order valence-corrected chi connectivity index (χ4v) is 3.41. The van der Waals surface area contributed by atoms with E-state index in [1.165, 1.54) is 18.3 Å². The second-order valence-corrected chi connectivity index (χ2v) is 7.48. The SMILES string of the molecule is CC(=O)Nc1ccc(C2=N/C(=C\c3cccc(OC(=O)c4cccs4)c3)C(=O)O2)cc1. The molecule has 0 atom stereocenters. The number of esters is 2. The van der Waals surface area contributed by atoms with Crippen LogP contribution in [0, 0.1) is 0 Å². The Balaban J connectivity index is 1.52. The summed E-state index contributed by atoms with van der Waals surface area (Å²) in [5.41, 5.74) is 1.99. The summed E-state index contributed by atoms with van der Waals surface area (Å²) in [6, 6.07) is 17.0. The zero-order valence-corrected chi connectivity index (χ0v) is 17.1. The van der Waals surface area contributed by atoms with Gasteiger partial charge in [0, 0.05) is 18.2 Å². The van der Waals surface area contributed by atoms with E-state index in [-0.39, 0.29) is 17.5 Å². The van der Waals surface area contributed by atoms with Crippen molar-refractivity contribution in [1.29, 1.82) is 0 Å². The molecule has 31 heavy (non-hydrogen) atoms. The first-order valence-corrected chi connectivity index (χ1v) is 10.1. The molecule has 8 heteroatoms. The molecule has 7 nitrogen and oxygen atoms in total. The van der Waals surface area contributed by atoms with Gasteiger partial charge >= 0.3 is 11.9 Å². The molecule has 1 amide bonds. The van der Waals surface area contributed by atoms with Crippen molar-refractivity contribution in [2.24, 2.45) is 4.99 Å². The average molecular weight is 432 g/mol. The number of ether oxygens (including phenoxy) is 2. The summed E-state index contributed by atoms with van der Waals surface area (Å²) < 4.78 is 10.6. The number of nitrogens with zero attached hydrogens (tertiary/aromatic N) is 1. The fraction of sp³-hybridized carbons (Fsp3) is 0.0435. The first kappa shape index (κ1) is 20.2. The Hall–Kier alpha value is -4.04. The normalized spacial score (nSPS) is 14.2. The Kier molecular flexibility index (Phi) is 5.72. The minimum atomic E-state index is -0.582. The van der Waals surface area contributed by atoms with Crippen molar-refractivity contribution in [3.8, 4) is 5.75 Å². The summed E-state index contributed by atoms with van der Waals surface area (Å²) >= 11 is 1.30. The van der Waals surface area contributed by atoms with Crippen molar-refractivity contribution >= 4 is 46.8 Å². The number of carbonyl (C=O) groups is 3. The number of aliphatic imine (C=N–C) groups is 1. The number of anilines is 1. The predicted octanol–water partition coefficient (Wildman–Crippen LogP) is 4.27. The third kappa shape index (κ3) is 4.93. The van der Waals surface area contributed by atoms with E-state index in [0.717, 1.165) is 0 Å². The maximum atomic E-state index is 12.2. The van der Waals surface area contributed by atoms with E-state index < -0.39 is 11.9 Å². The number of amides is 1. The smallest absolute Gasteiger partial charge is 0.363 e. The second kappa shape index (κ2) is 8.76. The van der Waals surface area contributed by atoms with Crippen LogP contribution in [0.1, 0.15) is 27.7 Å². The second-order valence-electron chi connectivity index (χ2n) is 6.53. The summed E-state index contributed by atoms with van der Waals surface area (Å²) in [5.74, 6) is -0.668. The molecule has 0 radical (unpaired) electrons. The van der Waals surface area contributed by atoms with Crippen LogP contribution in [-0.4, -0.2) is 23.7 Å². The van der Waals surface area contributed by atoms with Crippen LogP contribution < -0.4 is 10.1 Å². The molecule has 4 rings (SSSR count). The van der Waals surface area contributed by atoms with Gasteiger partial charge in [-0.1, -0.05) is 18.2 Å². The maximum absolute atomic E-state index is 12.2. The van der Waals surface area contributed by atoms with Crippen LogP contribution in [0.2, 0.25) is 0 Å². The summed E-state index contributed by atoms with van der Waals surface area (Å²) in [6.45, 7) is 1.42. The monoisotopic (exact) mass is 432 g/mol. The molecule has 0 saturated heterocycles. The fourth-order valence-electron chi connectivity index (χ4n) is 2.81. The molecule has 0 bridgehead atoms. The summed E-state index contributed by atoms with van der Waals surface area (Å²) in [5, 5.41) is 4.46. The summed E-state index contributed by atoms with van der Waals surface area (Å²) in [6.07, 6.45) is 1.56. The van der Waals surface area contributed by atoms with Gasteiger partial charge in [-0.3, -0.25) is 4.79 Å². The van der Waals surface area contributed by atoms with E-state index in [2.05, 4.69) is 10.3 Å². The molecular weight excluding hydrogens is 416 g/mol. The lowest BCUT2D eigenvalue weighted by Crippen LogP contribution is -2.07. The zero-order chi connectivity index (χ0) is 21.8. The first-order valence-electron chi connectivity index (χ1n) is 9.24. The molecule has 0 unspecified atom stereocenters. The highest BCUT2D eigenvalue weighted by Gasteiger charge is 2.24. The van der Waals surface area contributed by atoms with Crippen molar-refractivity contribution in [3.63, 3.8) is 0 Å². The van der Waals surface area contributed by atoms with E-state index in [9.17, 15) is 14.4 Å². The van der Waals surface area contributed by atoms with Crippen LogP contribution in [0.4, 0.5) is 5.69 Å². The minimum absolute atomic E-state index is 0.127. The molecule has 0 fully saturated rings. The Bertz CT molecular complexity index is 1210. The highest BCUT2D eigenvalue weighted by Crippen LogP contribution is 2.23. The lowest BCUT2D eigenvalue weighted by molar-refractivity contribution is -0.129. The Labute approximate surface area is 181 Å². The van der Waals surface area contributed by atoms with Crippen molar-refractivity contribution in [2.75, 3.05) is 5.32 Å². The van der Waals surface area contributed by atoms with Gasteiger partial charge in [-0.05, 0) is 59.5 Å². The van der Waals surface area contributed by atoms with Gasteiger partial charge in [-0.2, -0.15) is 0 Å². The van der Waals surface area contributed by atoms with Crippen LogP contribution in [-0.2, 0) is 14.3 Å².